The first-order valence-corrected chi connectivity index (χ1v) is 14.3. The molecule has 1 fully saturated rings. The first kappa shape index (κ1) is 33.2. The average Bonchev–Trinajstić information content (AvgIpc) is 2.68. The third-order valence-corrected chi connectivity index (χ3v) is 8.87. The van der Waals surface area contributed by atoms with Crippen molar-refractivity contribution in [2.45, 2.75) is 102 Å². The van der Waals surface area contributed by atoms with Crippen molar-refractivity contribution in [3.63, 3.8) is 0 Å². The summed E-state index contributed by atoms with van der Waals surface area (Å²) in [7, 11) is -4.90. The number of fused-ring (bicyclic) bond motifs is 2. The van der Waals surface area contributed by atoms with Crippen molar-refractivity contribution in [1.29, 1.82) is 0 Å². The van der Waals surface area contributed by atoms with E-state index in [0.29, 0.717) is 6.42 Å². The van der Waals surface area contributed by atoms with Gasteiger partial charge in [-0.3, -0.25) is 4.57 Å². The van der Waals surface area contributed by atoms with Crippen LogP contribution in [0.4, 0.5) is 0 Å². The Hall–Kier alpha value is -0.0100. The summed E-state index contributed by atoms with van der Waals surface area (Å²) >= 11 is 0. The molecule has 0 spiro atoms. The monoisotopic (exact) mass is 544 g/mol. The molecule has 8 heteroatoms. The molecule has 0 aromatic heterocycles. The summed E-state index contributed by atoms with van der Waals surface area (Å²) in [6.45, 7) is 26.2. The Bertz CT molecular complexity index is 953. The minimum atomic E-state index is -4.90. The summed E-state index contributed by atoms with van der Waals surface area (Å²) in [5.41, 5.74) is 0.159. The van der Waals surface area contributed by atoms with Crippen LogP contribution in [0, 0.1) is 32.5 Å². The maximum Gasteiger partial charge on any atom is 1.00 e. The van der Waals surface area contributed by atoms with Crippen LogP contribution in [-0.2, 0) is 23.7 Å². The molecule has 0 radical (unpaired) electrons. The van der Waals surface area contributed by atoms with E-state index in [9.17, 15) is 9.46 Å². The fourth-order valence-electron chi connectivity index (χ4n) is 5.52. The van der Waals surface area contributed by atoms with Gasteiger partial charge in [0.05, 0.1) is 0 Å². The largest absolute Gasteiger partial charge is 1.00 e. The van der Waals surface area contributed by atoms with Gasteiger partial charge in [-0.15, -0.1) is 0 Å². The van der Waals surface area contributed by atoms with Gasteiger partial charge in [0.1, 0.15) is 12.2 Å². The van der Waals surface area contributed by atoms with Gasteiger partial charge in [-0.05, 0) is 39.2 Å². The van der Waals surface area contributed by atoms with Gasteiger partial charge < -0.3 is 4.89 Å². The van der Waals surface area contributed by atoms with Crippen molar-refractivity contribution in [3.05, 3.63) is 47.6 Å². The van der Waals surface area contributed by atoms with Crippen molar-refractivity contribution in [3.8, 4) is 0 Å². The molecule has 1 saturated heterocycles. The molecule has 3 rings (SSSR count). The normalized spacial score (nSPS) is 35.5. The maximum atomic E-state index is 12.6. The van der Waals surface area contributed by atoms with Crippen molar-refractivity contribution < 1.29 is 58.1 Å². The van der Waals surface area contributed by atoms with Gasteiger partial charge in [-0.1, -0.05) is 120 Å². The van der Waals surface area contributed by atoms with Crippen LogP contribution in [-0.4, -0.2) is 12.2 Å². The number of hydrogen-bond acceptors (Lipinski definition) is 6. The zero-order valence-electron chi connectivity index (χ0n) is 25.2. The molecule has 0 aromatic rings. The van der Waals surface area contributed by atoms with Gasteiger partial charge in [-0.25, -0.2) is 9.78 Å². The molecule has 4 atom stereocenters. The molecule has 0 saturated carbocycles. The predicted octanol–water partition coefficient (Wildman–Crippen LogP) is 4.65. The molecular weight excluding hydrogens is 498 g/mol. The van der Waals surface area contributed by atoms with Crippen LogP contribution in [0.15, 0.2) is 47.6 Å². The topological polar surface area (TPSA) is 77.1 Å². The van der Waals surface area contributed by atoms with Gasteiger partial charge >= 0.3 is 37.4 Å². The van der Waals surface area contributed by atoms with E-state index >= 15 is 0 Å². The molecule has 2 aliphatic carbocycles. The van der Waals surface area contributed by atoms with Crippen LogP contribution < -0.4 is 34.5 Å². The van der Waals surface area contributed by atoms with E-state index in [1.165, 1.54) is 11.1 Å². The first-order valence-electron chi connectivity index (χ1n) is 12.9. The summed E-state index contributed by atoms with van der Waals surface area (Å²) < 4.78 is 22.5. The molecule has 4 unspecified atom stereocenters. The molecule has 1 aliphatic heterocycles. The zero-order valence-corrected chi connectivity index (χ0v) is 28.1. The molecule has 0 N–H and O–H groups in total. The molecule has 1 heterocycles. The average molecular weight is 545 g/mol. The summed E-state index contributed by atoms with van der Waals surface area (Å²) in [5.74, 6) is 0. The minimum Gasteiger partial charge on any atom is -0.753 e. The van der Waals surface area contributed by atoms with E-state index in [1.54, 1.807) is 0 Å². The molecule has 37 heavy (non-hydrogen) atoms. The molecule has 204 valence electrons. The fraction of sp³-hybridized carbons (Fsp3) is 0.724. The number of rotatable bonds is 0. The van der Waals surface area contributed by atoms with Crippen molar-refractivity contribution in [2.75, 3.05) is 0 Å². The van der Waals surface area contributed by atoms with Crippen LogP contribution in [0.5, 0.6) is 0 Å². The van der Waals surface area contributed by atoms with Gasteiger partial charge in [0.25, 0.3) is 0 Å². The van der Waals surface area contributed by atoms with E-state index in [1.807, 2.05) is 24.3 Å². The minimum absolute atomic E-state index is 0. The summed E-state index contributed by atoms with van der Waals surface area (Å²) in [4.78, 5) is 24.1. The van der Waals surface area contributed by atoms with E-state index in [0.717, 1.165) is 0 Å². The third-order valence-electron chi connectivity index (χ3n) is 8.33. The number of phosphoric acid groups is 1. The molecule has 0 bridgehead atoms. The molecule has 0 amide bonds. The zero-order chi connectivity index (χ0) is 27.6. The standard InChI is InChI=1S/C29H47O6P.Na/c1-24(2,3)20-13-15-22-28(17-20,26(7,8)9)19-29(27(10,11)12)18-21(25(4,5)6)14-16-23(29)33-35-36(30,31)34-32-22;/h13-18,22-23H,19H2,1-12H3,(H,30,31);/q;+1/p-1. The molecular formula is C29H46NaO6P. The second-order valence-electron chi connectivity index (χ2n) is 14.8. The van der Waals surface area contributed by atoms with Gasteiger partial charge in [0.2, 0.25) is 0 Å². The smallest absolute Gasteiger partial charge is 0.753 e. The van der Waals surface area contributed by atoms with Crippen LogP contribution in [0.1, 0.15) is 89.5 Å². The Morgan fingerprint density at radius 3 is 1.32 bits per heavy atom. The molecule has 6 nitrogen and oxygen atoms in total. The predicted molar refractivity (Wildman–Crippen MR) is 141 cm³/mol. The van der Waals surface area contributed by atoms with Crippen LogP contribution in [0.25, 0.3) is 0 Å². The van der Waals surface area contributed by atoms with E-state index in [-0.39, 0.29) is 51.2 Å². The quantitative estimate of drug-likeness (QED) is 0.251. The van der Waals surface area contributed by atoms with E-state index in [2.05, 4.69) is 95.2 Å². The maximum absolute atomic E-state index is 12.6. The Morgan fingerprint density at radius 2 is 1.05 bits per heavy atom. The SMILES string of the molecule is CC(C)(C)C1=CC2(C(C)(C)C)CC3(C(C)(C)C)C=C(C(C)(C)C)C=CC3OOP(=O)([O-])OOC2C=C1.[Na+]. The number of allylic oxidation sites excluding steroid dienone is 4. The van der Waals surface area contributed by atoms with Crippen molar-refractivity contribution >= 4 is 7.82 Å². The third kappa shape index (κ3) is 6.50. The van der Waals surface area contributed by atoms with Gasteiger partial charge in [-0.2, -0.15) is 9.35 Å². The van der Waals surface area contributed by atoms with Gasteiger partial charge in [0, 0.05) is 10.8 Å². The van der Waals surface area contributed by atoms with E-state index in [4.69, 9.17) is 19.1 Å². The van der Waals surface area contributed by atoms with Gasteiger partial charge in [0.15, 0.2) is 0 Å². The van der Waals surface area contributed by atoms with Crippen molar-refractivity contribution in [2.24, 2.45) is 32.5 Å². The Kier molecular flexibility index (Phi) is 9.36. The second kappa shape index (κ2) is 10.4. The van der Waals surface area contributed by atoms with Crippen LogP contribution in [0.2, 0.25) is 0 Å². The van der Waals surface area contributed by atoms with Crippen LogP contribution in [0.3, 0.4) is 0 Å². The molecule has 3 aliphatic rings. The first-order chi connectivity index (χ1) is 16.0. The fourth-order valence-corrected chi connectivity index (χ4v) is 5.95. The molecule has 0 aromatic carbocycles. The second-order valence-corrected chi connectivity index (χ2v) is 16.0. The van der Waals surface area contributed by atoms with E-state index < -0.39 is 30.9 Å². The Labute approximate surface area is 246 Å². The Morgan fingerprint density at radius 1 is 0.730 bits per heavy atom. The summed E-state index contributed by atoms with van der Waals surface area (Å²) in [6, 6.07) is 0. The van der Waals surface area contributed by atoms with Crippen molar-refractivity contribution in [1.82, 2.24) is 0 Å². The number of hydrogen-bond donors (Lipinski definition) is 0. The Balaban J connectivity index is 0.00000481. The summed E-state index contributed by atoms with van der Waals surface area (Å²) in [5, 5.41) is 0. The summed E-state index contributed by atoms with van der Waals surface area (Å²) in [6.07, 6.45) is 11.8. The van der Waals surface area contributed by atoms with Crippen LogP contribution >= 0.6 is 7.82 Å².